The SMILES string of the molecule is Cc1cnc(Nc2cc(NC(=O)N3CCCO3)ccc2C)c(-c2ncnc3nc[nH]c23)c1.c1ccccc1. The number of aryl methyl sites for hydroxylation is 2. The lowest BCUT2D eigenvalue weighted by atomic mass is 10.1. The van der Waals surface area contributed by atoms with Crippen LogP contribution in [0.3, 0.4) is 0 Å². The Morgan fingerprint density at radius 2 is 1.79 bits per heavy atom. The molecule has 6 rings (SSSR count). The Morgan fingerprint density at radius 3 is 2.53 bits per heavy atom. The second-order valence-corrected chi connectivity index (χ2v) is 8.76. The van der Waals surface area contributed by atoms with Crippen molar-refractivity contribution in [2.45, 2.75) is 20.3 Å². The number of hydroxylamine groups is 2. The Bertz CT molecular complexity index is 1500. The zero-order chi connectivity index (χ0) is 26.3. The molecule has 0 unspecified atom stereocenters. The number of carbonyl (C=O) groups excluding carboxylic acids is 1. The molecule has 1 fully saturated rings. The van der Waals surface area contributed by atoms with E-state index >= 15 is 0 Å². The van der Waals surface area contributed by atoms with Crippen LogP contribution in [0.25, 0.3) is 22.4 Å². The highest BCUT2D eigenvalue weighted by atomic mass is 16.7. The average molecular weight is 509 g/mol. The van der Waals surface area contributed by atoms with E-state index in [1.807, 2.05) is 74.5 Å². The lowest BCUT2D eigenvalue weighted by molar-refractivity contribution is -0.0614. The molecule has 10 nitrogen and oxygen atoms in total. The highest BCUT2D eigenvalue weighted by Crippen LogP contribution is 2.33. The highest BCUT2D eigenvalue weighted by Gasteiger charge is 2.20. The topological polar surface area (TPSA) is 121 Å². The van der Waals surface area contributed by atoms with Crippen molar-refractivity contribution < 1.29 is 9.63 Å². The largest absolute Gasteiger partial charge is 0.345 e. The molecule has 0 bridgehead atoms. The van der Waals surface area contributed by atoms with E-state index in [4.69, 9.17) is 4.84 Å². The summed E-state index contributed by atoms with van der Waals surface area (Å²) in [5.74, 6) is 0.639. The van der Waals surface area contributed by atoms with Gasteiger partial charge in [0.1, 0.15) is 23.4 Å². The number of urea groups is 1. The first-order chi connectivity index (χ1) is 18.6. The number of benzene rings is 2. The van der Waals surface area contributed by atoms with Crippen LogP contribution in [0.2, 0.25) is 0 Å². The minimum absolute atomic E-state index is 0.283. The molecule has 2 amide bonds. The molecule has 2 aromatic carbocycles. The standard InChI is InChI=1S/C22H22N8O2.C6H6/c1-13-8-16(18-19-21(26-11-24-18)27-12-25-19)20(23-10-13)29-17-9-15(5-4-14(17)2)28-22(31)30-6-3-7-32-30;1-2-4-6-5-3-1/h4-5,8-12H,3,6-7H2,1-2H3,(H,23,29)(H,28,31)(H,24,25,26,27);1-6H. The number of H-pyrrole nitrogens is 1. The number of nitrogens with zero attached hydrogens (tertiary/aromatic N) is 5. The number of hydrogen-bond acceptors (Lipinski definition) is 7. The Balaban J connectivity index is 0.000000433. The maximum absolute atomic E-state index is 12.4. The fourth-order valence-electron chi connectivity index (χ4n) is 3.96. The minimum Gasteiger partial charge on any atom is -0.341 e. The number of imidazole rings is 1. The highest BCUT2D eigenvalue weighted by molar-refractivity contribution is 5.92. The van der Waals surface area contributed by atoms with Crippen LogP contribution >= 0.6 is 0 Å². The third-order valence-electron chi connectivity index (χ3n) is 5.89. The fraction of sp³-hybridized carbons (Fsp3) is 0.179. The Hall–Kier alpha value is -4.83. The number of hydrogen-bond donors (Lipinski definition) is 3. The molecular weight excluding hydrogens is 480 g/mol. The van der Waals surface area contributed by atoms with Gasteiger partial charge in [-0.3, -0.25) is 4.84 Å². The van der Waals surface area contributed by atoms with Gasteiger partial charge in [0.25, 0.3) is 0 Å². The number of rotatable bonds is 4. The van der Waals surface area contributed by atoms with Crippen molar-refractivity contribution in [1.29, 1.82) is 0 Å². The summed E-state index contributed by atoms with van der Waals surface area (Å²) < 4.78 is 0. The second-order valence-electron chi connectivity index (χ2n) is 8.76. The molecule has 3 aromatic heterocycles. The zero-order valence-electron chi connectivity index (χ0n) is 21.2. The van der Waals surface area contributed by atoms with Crippen LogP contribution in [-0.4, -0.2) is 49.2 Å². The number of anilines is 3. The summed E-state index contributed by atoms with van der Waals surface area (Å²) in [6, 6.07) is 19.4. The van der Waals surface area contributed by atoms with Gasteiger partial charge in [0, 0.05) is 23.1 Å². The molecule has 0 radical (unpaired) electrons. The van der Waals surface area contributed by atoms with Crippen LogP contribution in [0.1, 0.15) is 17.5 Å². The molecule has 10 heteroatoms. The van der Waals surface area contributed by atoms with E-state index < -0.39 is 0 Å². The summed E-state index contributed by atoms with van der Waals surface area (Å²) in [5.41, 5.74) is 6.34. The minimum atomic E-state index is -0.283. The molecule has 5 aromatic rings. The van der Waals surface area contributed by atoms with Crippen molar-refractivity contribution >= 4 is 34.4 Å². The molecule has 192 valence electrons. The van der Waals surface area contributed by atoms with Crippen molar-refractivity contribution in [1.82, 2.24) is 30.0 Å². The van der Waals surface area contributed by atoms with E-state index in [1.54, 1.807) is 12.5 Å². The number of amides is 2. The zero-order valence-corrected chi connectivity index (χ0v) is 21.2. The van der Waals surface area contributed by atoms with Crippen LogP contribution < -0.4 is 10.6 Å². The van der Waals surface area contributed by atoms with Gasteiger partial charge in [-0.1, -0.05) is 42.5 Å². The maximum Gasteiger partial charge on any atom is 0.345 e. The summed E-state index contributed by atoms with van der Waals surface area (Å²) >= 11 is 0. The lowest BCUT2D eigenvalue weighted by Gasteiger charge is -2.17. The van der Waals surface area contributed by atoms with E-state index in [1.165, 1.54) is 11.4 Å². The third kappa shape index (κ3) is 5.76. The number of carbonyl (C=O) groups is 1. The summed E-state index contributed by atoms with van der Waals surface area (Å²) in [7, 11) is 0. The molecule has 38 heavy (non-hydrogen) atoms. The molecule has 1 aliphatic rings. The predicted molar refractivity (Wildman–Crippen MR) is 147 cm³/mol. The van der Waals surface area contributed by atoms with Gasteiger partial charge in [0.05, 0.1) is 19.5 Å². The Labute approximate surface area is 220 Å². The fourth-order valence-corrected chi connectivity index (χ4v) is 3.96. The van der Waals surface area contributed by atoms with Crippen LogP contribution in [-0.2, 0) is 4.84 Å². The van der Waals surface area contributed by atoms with Gasteiger partial charge in [-0.2, -0.15) is 0 Å². The first kappa shape index (κ1) is 24.8. The Kier molecular flexibility index (Phi) is 7.51. The molecule has 0 saturated carbocycles. The molecular formula is C28H28N8O2. The van der Waals surface area contributed by atoms with Gasteiger partial charge in [-0.05, 0) is 49.6 Å². The molecule has 0 aliphatic carbocycles. The van der Waals surface area contributed by atoms with E-state index in [0.717, 1.165) is 34.3 Å². The van der Waals surface area contributed by atoms with Crippen molar-refractivity contribution in [3.8, 4) is 11.3 Å². The molecule has 0 spiro atoms. The number of aromatic nitrogens is 5. The van der Waals surface area contributed by atoms with E-state index in [2.05, 4.69) is 35.6 Å². The Morgan fingerprint density at radius 1 is 1.00 bits per heavy atom. The van der Waals surface area contributed by atoms with E-state index in [0.29, 0.717) is 36.0 Å². The predicted octanol–water partition coefficient (Wildman–Crippen LogP) is 5.63. The summed E-state index contributed by atoms with van der Waals surface area (Å²) in [6.45, 7) is 5.11. The van der Waals surface area contributed by atoms with Crippen LogP contribution in [0.4, 0.5) is 22.0 Å². The van der Waals surface area contributed by atoms with Gasteiger partial charge in [0.2, 0.25) is 0 Å². The first-order valence-electron chi connectivity index (χ1n) is 12.3. The summed E-state index contributed by atoms with van der Waals surface area (Å²) in [5, 5.41) is 7.63. The molecule has 3 N–H and O–H groups in total. The molecule has 1 saturated heterocycles. The summed E-state index contributed by atoms with van der Waals surface area (Å²) in [6.07, 6.45) is 5.72. The van der Waals surface area contributed by atoms with Gasteiger partial charge >= 0.3 is 6.03 Å². The van der Waals surface area contributed by atoms with Crippen LogP contribution in [0, 0.1) is 13.8 Å². The van der Waals surface area contributed by atoms with E-state index in [9.17, 15) is 4.79 Å². The quantitative estimate of drug-likeness (QED) is 0.288. The van der Waals surface area contributed by atoms with Gasteiger partial charge in [0.15, 0.2) is 5.65 Å². The van der Waals surface area contributed by atoms with Crippen molar-refractivity contribution in [3.05, 3.63) is 90.6 Å². The lowest BCUT2D eigenvalue weighted by Crippen LogP contribution is -2.31. The van der Waals surface area contributed by atoms with Gasteiger partial charge < -0.3 is 15.6 Å². The summed E-state index contributed by atoms with van der Waals surface area (Å²) in [4.78, 5) is 38.3. The third-order valence-corrected chi connectivity index (χ3v) is 5.89. The molecule has 4 heterocycles. The molecule has 0 atom stereocenters. The van der Waals surface area contributed by atoms with E-state index in [-0.39, 0.29) is 6.03 Å². The van der Waals surface area contributed by atoms with Crippen LogP contribution in [0.5, 0.6) is 0 Å². The average Bonchev–Trinajstić information content (AvgIpc) is 3.66. The van der Waals surface area contributed by atoms with Crippen molar-refractivity contribution in [2.24, 2.45) is 0 Å². The normalized spacial score (nSPS) is 12.6. The van der Waals surface area contributed by atoms with Gasteiger partial charge in [-0.25, -0.2) is 29.8 Å². The first-order valence-corrected chi connectivity index (χ1v) is 12.3. The van der Waals surface area contributed by atoms with Crippen molar-refractivity contribution in [2.75, 3.05) is 23.8 Å². The van der Waals surface area contributed by atoms with Gasteiger partial charge in [-0.15, -0.1) is 0 Å². The smallest absolute Gasteiger partial charge is 0.341 e. The maximum atomic E-state index is 12.4. The monoisotopic (exact) mass is 508 g/mol. The van der Waals surface area contributed by atoms with Crippen LogP contribution in [0.15, 0.2) is 79.5 Å². The number of nitrogens with one attached hydrogen (secondary N) is 3. The number of aromatic amines is 1. The molecule has 1 aliphatic heterocycles. The number of pyridine rings is 1. The second kappa shape index (κ2) is 11.5. The number of fused-ring (bicyclic) bond motifs is 1. The van der Waals surface area contributed by atoms with Crippen molar-refractivity contribution in [3.63, 3.8) is 0 Å².